The van der Waals surface area contributed by atoms with Crippen molar-refractivity contribution in [2.45, 2.75) is 23.8 Å². The predicted molar refractivity (Wildman–Crippen MR) is 108 cm³/mol. The van der Waals surface area contributed by atoms with Crippen LogP contribution in [0.1, 0.15) is 27.6 Å². The second-order valence-corrected chi connectivity index (χ2v) is 7.94. The summed E-state index contributed by atoms with van der Waals surface area (Å²) in [5, 5.41) is 7.55. The van der Waals surface area contributed by atoms with E-state index in [0.29, 0.717) is 17.4 Å². The van der Waals surface area contributed by atoms with Crippen molar-refractivity contribution in [3.8, 4) is 11.4 Å². The molecule has 132 valence electrons. The van der Waals surface area contributed by atoms with Gasteiger partial charge in [0.25, 0.3) is 5.91 Å². The van der Waals surface area contributed by atoms with E-state index in [0.717, 1.165) is 5.56 Å². The minimum atomic E-state index is -0.00690. The molecule has 2 heterocycles. The number of carbonyl (C=O) groups excluding carboxylic acids is 1. The summed E-state index contributed by atoms with van der Waals surface area (Å²) in [6.07, 6.45) is 0.419. The van der Waals surface area contributed by atoms with Gasteiger partial charge in [-0.25, -0.2) is 4.98 Å². The van der Waals surface area contributed by atoms with Crippen LogP contribution in [0.4, 0.5) is 0 Å². The first kappa shape index (κ1) is 16.3. The second kappa shape index (κ2) is 6.35. The van der Waals surface area contributed by atoms with Crippen LogP contribution in [0, 0.1) is 6.92 Å². The van der Waals surface area contributed by atoms with Crippen molar-refractivity contribution >= 4 is 28.4 Å². The van der Waals surface area contributed by atoms with E-state index in [-0.39, 0.29) is 11.2 Å². The van der Waals surface area contributed by atoms with Crippen molar-refractivity contribution in [1.82, 2.24) is 14.8 Å². The number of aromatic nitrogens is 3. The van der Waals surface area contributed by atoms with E-state index in [1.807, 2.05) is 43.3 Å². The quantitative estimate of drug-likeness (QED) is 0.481. The fourth-order valence-corrected chi connectivity index (χ4v) is 4.67. The molecule has 1 aliphatic heterocycles. The van der Waals surface area contributed by atoms with Crippen LogP contribution in [0.25, 0.3) is 22.2 Å². The number of rotatable bonds is 2. The molecular weight excluding hydrogens is 354 g/mol. The minimum Gasteiger partial charge on any atom is -0.272 e. The molecule has 0 unspecified atom stereocenters. The Labute approximate surface area is 161 Å². The zero-order valence-electron chi connectivity index (χ0n) is 14.8. The monoisotopic (exact) mass is 371 g/mol. The Morgan fingerprint density at radius 3 is 2.63 bits per heavy atom. The van der Waals surface area contributed by atoms with Crippen LogP contribution in [-0.4, -0.2) is 20.7 Å². The molecule has 0 N–H and O–H groups in total. The number of fused-ring (bicyclic) bond motifs is 2. The van der Waals surface area contributed by atoms with Gasteiger partial charge in [0.15, 0.2) is 11.0 Å². The molecule has 27 heavy (non-hydrogen) atoms. The van der Waals surface area contributed by atoms with Gasteiger partial charge in [-0.15, -0.1) is 5.10 Å². The number of aryl methyl sites for hydroxylation is 1. The summed E-state index contributed by atoms with van der Waals surface area (Å²) >= 11 is 1.62. The largest absolute Gasteiger partial charge is 0.272 e. The first-order valence-corrected chi connectivity index (χ1v) is 9.78. The molecule has 0 bridgehead atoms. The predicted octanol–water partition coefficient (Wildman–Crippen LogP) is 5.28. The lowest BCUT2D eigenvalue weighted by Gasteiger charge is -2.21. The first-order valence-electron chi connectivity index (χ1n) is 8.91. The highest BCUT2D eigenvalue weighted by Gasteiger charge is 2.30. The van der Waals surface area contributed by atoms with E-state index < -0.39 is 0 Å². The molecule has 1 aromatic heterocycles. The molecule has 4 aromatic rings. The Morgan fingerprint density at radius 2 is 1.78 bits per heavy atom. The Hall–Kier alpha value is -2.92. The standard InChI is InChI=1S/C22H17N3OS/c1-14-9-11-16(12-10-14)21-23-22-25(24-21)20(26)13-19(27-22)18-8-4-6-15-5-2-3-7-17(15)18/h2-12,19H,13H2,1H3/t19-/m0/s1. The van der Waals surface area contributed by atoms with Crippen molar-refractivity contribution in [1.29, 1.82) is 0 Å². The molecule has 0 saturated heterocycles. The molecule has 3 aromatic carbocycles. The molecule has 0 amide bonds. The highest BCUT2D eigenvalue weighted by Crippen LogP contribution is 2.43. The molecule has 0 radical (unpaired) electrons. The van der Waals surface area contributed by atoms with Gasteiger partial charge in [-0.1, -0.05) is 84.1 Å². The third-order valence-corrected chi connectivity index (χ3v) is 6.08. The van der Waals surface area contributed by atoms with E-state index in [4.69, 9.17) is 0 Å². The number of thioether (sulfide) groups is 1. The third kappa shape index (κ3) is 2.84. The molecule has 5 rings (SSSR count). The summed E-state index contributed by atoms with van der Waals surface area (Å²) < 4.78 is 1.46. The lowest BCUT2D eigenvalue weighted by Crippen LogP contribution is -2.21. The van der Waals surface area contributed by atoms with E-state index in [1.54, 1.807) is 11.8 Å². The molecule has 0 spiro atoms. The third-order valence-electron chi connectivity index (χ3n) is 4.90. The average Bonchev–Trinajstić information content (AvgIpc) is 3.13. The van der Waals surface area contributed by atoms with Gasteiger partial charge in [-0.3, -0.25) is 4.79 Å². The van der Waals surface area contributed by atoms with Gasteiger partial charge < -0.3 is 0 Å². The van der Waals surface area contributed by atoms with Crippen molar-refractivity contribution < 1.29 is 4.79 Å². The molecule has 0 fully saturated rings. The van der Waals surface area contributed by atoms with Gasteiger partial charge in [-0.2, -0.15) is 4.68 Å². The van der Waals surface area contributed by atoms with Gasteiger partial charge in [-0.05, 0) is 23.3 Å². The maximum atomic E-state index is 12.8. The van der Waals surface area contributed by atoms with Crippen molar-refractivity contribution in [3.05, 3.63) is 77.9 Å². The summed E-state index contributed by atoms with van der Waals surface area (Å²) in [7, 11) is 0. The van der Waals surface area contributed by atoms with Crippen molar-refractivity contribution in [2.24, 2.45) is 0 Å². The Bertz CT molecular complexity index is 1160. The van der Waals surface area contributed by atoms with Gasteiger partial charge in [0, 0.05) is 17.2 Å². The molecule has 0 aliphatic carbocycles. The molecule has 1 atom stereocenters. The summed E-state index contributed by atoms with van der Waals surface area (Å²) in [5.41, 5.74) is 3.29. The summed E-state index contributed by atoms with van der Waals surface area (Å²) in [6, 6.07) is 22.6. The van der Waals surface area contributed by atoms with E-state index in [1.165, 1.54) is 26.6 Å². The Kier molecular flexibility index (Phi) is 3.83. The number of benzene rings is 3. The zero-order valence-corrected chi connectivity index (χ0v) is 15.6. The normalized spacial score (nSPS) is 16.5. The lowest BCUT2D eigenvalue weighted by molar-refractivity contribution is 0.0868. The number of carbonyl (C=O) groups is 1. The van der Waals surface area contributed by atoms with Crippen LogP contribution in [0.2, 0.25) is 0 Å². The molecule has 4 nitrogen and oxygen atoms in total. The molecule has 5 heteroatoms. The van der Waals surface area contributed by atoms with Crippen LogP contribution < -0.4 is 0 Å². The van der Waals surface area contributed by atoms with Gasteiger partial charge in [0.1, 0.15) is 0 Å². The van der Waals surface area contributed by atoms with Crippen molar-refractivity contribution in [2.75, 3.05) is 0 Å². The Morgan fingerprint density at radius 1 is 1.00 bits per heavy atom. The topological polar surface area (TPSA) is 47.8 Å². The van der Waals surface area contributed by atoms with E-state index in [9.17, 15) is 4.79 Å². The highest BCUT2D eigenvalue weighted by atomic mass is 32.2. The molecule has 1 aliphatic rings. The van der Waals surface area contributed by atoms with Crippen LogP contribution in [0.5, 0.6) is 0 Å². The van der Waals surface area contributed by atoms with Gasteiger partial charge in [0.05, 0.1) is 0 Å². The number of nitrogens with zero attached hydrogens (tertiary/aromatic N) is 3. The second-order valence-electron chi connectivity index (χ2n) is 6.77. The fraction of sp³-hybridized carbons (Fsp3) is 0.136. The number of hydrogen-bond acceptors (Lipinski definition) is 4. The number of hydrogen-bond donors (Lipinski definition) is 0. The lowest BCUT2D eigenvalue weighted by atomic mass is 10.0. The molecular formula is C22H17N3OS. The first-order chi connectivity index (χ1) is 13.2. The van der Waals surface area contributed by atoms with Crippen LogP contribution in [0.3, 0.4) is 0 Å². The van der Waals surface area contributed by atoms with E-state index >= 15 is 0 Å². The van der Waals surface area contributed by atoms with Crippen LogP contribution in [-0.2, 0) is 0 Å². The van der Waals surface area contributed by atoms with Crippen LogP contribution >= 0.6 is 11.8 Å². The van der Waals surface area contributed by atoms with Crippen LogP contribution in [0.15, 0.2) is 71.9 Å². The smallest absolute Gasteiger partial charge is 0.250 e. The average molecular weight is 371 g/mol. The van der Waals surface area contributed by atoms with Gasteiger partial charge in [0.2, 0.25) is 0 Å². The summed E-state index contributed by atoms with van der Waals surface area (Å²) in [4.78, 5) is 17.4. The SMILES string of the molecule is Cc1ccc(-c2nc3n(n2)C(=O)C[C@@H](c2cccc4ccccc24)S3)cc1. The summed E-state index contributed by atoms with van der Waals surface area (Å²) in [6.45, 7) is 2.05. The molecule has 0 saturated carbocycles. The zero-order chi connectivity index (χ0) is 18.4. The van der Waals surface area contributed by atoms with E-state index in [2.05, 4.69) is 40.4 Å². The Balaban J connectivity index is 1.54. The van der Waals surface area contributed by atoms with Gasteiger partial charge >= 0.3 is 0 Å². The summed E-state index contributed by atoms with van der Waals surface area (Å²) in [5.74, 6) is 0.594. The minimum absolute atomic E-state index is 0.00690. The maximum Gasteiger partial charge on any atom is 0.250 e. The van der Waals surface area contributed by atoms with Crippen molar-refractivity contribution in [3.63, 3.8) is 0 Å². The highest BCUT2D eigenvalue weighted by molar-refractivity contribution is 7.99. The fourth-order valence-electron chi connectivity index (χ4n) is 3.48. The maximum absolute atomic E-state index is 12.8.